The highest BCUT2D eigenvalue weighted by molar-refractivity contribution is 14.1. The molecule has 4 heteroatoms. The van der Waals surface area contributed by atoms with Gasteiger partial charge in [0.1, 0.15) is 5.75 Å². The minimum atomic E-state index is -0.112. The molecule has 0 unspecified atom stereocenters. The molecule has 0 aromatic heterocycles. The van der Waals surface area contributed by atoms with E-state index >= 15 is 0 Å². The number of hydrogen-bond donors (Lipinski definition) is 2. The highest BCUT2D eigenvalue weighted by Crippen LogP contribution is 2.26. The van der Waals surface area contributed by atoms with Crippen LogP contribution in [0.25, 0.3) is 0 Å². The van der Waals surface area contributed by atoms with Crippen LogP contribution in [0.1, 0.15) is 5.56 Å². The third-order valence-electron chi connectivity index (χ3n) is 1.28. The molecule has 0 bridgehead atoms. The Morgan fingerprint density at radius 2 is 1.91 bits per heavy atom. The number of halogens is 2. The second-order valence-corrected chi connectivity index (χ2v) is 4.46. The quantitative estimate of drug-likeness (QED) is 0.738. The summed E-state index contributed by atoms with van der Waals surface area (Å²) < 4.78 is 1.80. The first-order chi connectivity index (χ1) is 5.15. The van der Waals surface area contributed by atoms with Crippen molar-refractivity contribution in [3.63, 3.8) is 0 Å². The normalized spacial score (nSPS) is 10.1. The summed E-state index contributed by atoms with van der Waals surface area (Å²) in [6.45, 7) is -0.112. The van der Waals surface area contributed by atoms with Crippen molar-refractivity contribution in [1.29, 1.82) is 0 Å². The van der Waals surface area contributed by atoms with E-state index in [1.54, 1.807) is 6.07 Å². The zero-order valence-corrected chi connectivity index (χ0v) is 9.83. The Labute approximate surface area is 91.9 Å². The van der Waals surface area contributed by atoms with E-state index in [0.717, 1.165) is 7.14 Å². The lowest BCUT2D eigenvalue weighted by Gasteiger charge is -2.03. The molecule has 1 aromatic carbocycles. The average molecular weight is 376 g/mol. The van der Waals surface area contributed by atoms with Crippen molar-refractivity contribution in [2.24, 2.45) is 0 Å². The maximum atomic E-state index is 9.35. The Kier molecular flexibility index (Phi) is 3.38. The fraction of sp³-hybridized carbons (Fsp3) is 0.143. The summed E-state index contributed by atoms with van der Waals surface area (Å²) in [5, 5.41) is 18.2. The number of phenols is 1. The van der Waals surface area contributed by atoms with E-state index in [9.17, 15) is 5.11 Å². The lowest BCUT2D eigenvalue weighted by Crippen LogP contribution is -1.88. The molecule has 2 nitrogen and oxygen atoms in total. The van der Waals surface area contributed by atoms with Crippen molar-refractivity contribution in [2.45, 2.75) is 6.61 Å². The Balaban J connectivity index is 3.24. The molecule has 0 saturated carbocycles. The van der Waals surface area contributed by atoms with Gasteiger partial charge in [0, 0.05) is 9.13 Å². The van der Waals surface area contributed by atoms with Gasteiger partial charge in [-0.05, 0) is 57.3 Å². The summed E-state index contributed by atoms with van der Waals surface area (Å²) in [5.41, 5.74) is 0.585. The van der Waals surface area contributed by atoms with Gasteiger partial charge >= 0.3 is 0 Å². The van der Waals surface area contributed by atoms with E-state index in [2.05, 4.69) is 22.6 Å². The SMILES string of the molecule is OCc1cc(I)cc(I)c1O. The van der Waals surface area contributed by atoms with Crippen LogP contribution in [0.2, 0.25) is 0 Å². The van der Waals surface area contributed by atoms with Crippen LogP contribution in [0.15, 0.2) is 12.1 Å². The maximum Gasteiger partial charge on any atom is 0.134 e. The van der Waals surface area contributed by atoms with Crippen molar-refractivity contribution in [1.82, 2.24) is 0 Å². The molecular weight excluding hydrogens is 370 g/mol. The van der Waals surface area contributed by atoms with Gasteiger partial charge in [-0.2, -0.15) is 0 Å². The first kappa shape index (κ1) is 9.53. The molecule has 0 aliphatic carbocycles. The zero-order chi connectivity index (χ0) is 8.43. The van der Waals surface area contributed by atoms with E-state index in [4.69, 9.17) is 5.11 Å². The van der Waals surface area contributed by atoms with Crippen LogP contribution in [-0.2, 0) is 6.61 Å². The van der Waals surface area contributed by atoms with Crippen molar-refractivity contribution < 1.29 is 10.2 Å². The van der Waals surface area contributed by atoms with Crippen molar-refractivity contribution in [2.75, 3.05) is 0 Å². The summed E-state index contributed by atoms with van der Waals surface area (Å²) in [7, 11) is 0. The molecule has 0 aliphatic heterocycles. The van der Waals surface area contributed by atoms with Gasteiger partial charge in [0.05, 0.1) is 10.2 Å². The van der Waals surface area contributed by atoms with Crippen LogP contribution in [0.5, 0.6) is 5.75 Å². The second-order valence-electron chi connectivity index (χ2n) is 2.05. The van der Waals surface area contributed by atoms with Gasteiger partial charge in [-0.25, -0.2) is 0 Å². The molecule has 11 heavy (non-hydrogen) atoms. The molecule has 0 aliphatic rings. The molecule has 1 aromatic rings. The van der Waals surface area contributed by atoms with Crippen molar-refractivity contribution in [3.8, 4) is 5.75 Å². The molecule has 1 rings (SSSR count). The molecule has 2 N–H and O–H groups in total. The number of hydrogen-bond acceptors (Lipinski definition) is 2. The minimum Gasteiger partial charge on any atom is -0.506 e. The van der Waals surface area contributed by atoms with Gasteiger partial charge in [-0.15, -0.1) is 0 Å². The fourth-order valence-electron chi connectivity index (χ4n) is 0.740. The average Bonchev–Trinajstić information content (AvgIpc) is 1.96. The van der Waals surface area contributed by atoms with Crippen LogP contribution >= 0.6 is 45.2 Å². The first-order valence-electron chi connectivity index (χ1n) is 2.93. The van der Waals surface area contributed by atoms with E-state index < -0.39 is 0 Å². The summed E-state index contributed by atoms with van der Waals surface area (Å²) in [5.74, 6) is 0.188. The summed E-state index contributed by atoms with van der Waals surface area (Å²) in [6.07, 6.45) is 0. The number of aromatic hydroxyl groups is 1. The molecule has 60 valence electrons. The third kappa shape index (κ3) is 2.19. The summed E-state index contributed by atoms with van der Waals surface area (Å²) >= 11 is 4.18. The predicted molar refractivity (Wildman–Crippen MR) is 59.5 cm³/mol. The van der Waals surface area contributed by atoms with Crippen LogP contribution in [0.3, 0.4) is 0 Å². The van der Waals surface area contributed by atoms with E-state index in [0.29, 0.717) is 5.56 Å². The molecule has 0 spiro atoms. The number of aliphatic hydroxyl groups is 1. The van der Waals surface area contributed by atoms with Crippen molar-refractivity contribution >= 4 is 45.2 Å². The third-order valence-corrected chi connectivity index (χ3v) is 2.72. The second kappa shape index (κ2) is 3.90. The van der Waals surface area contributed by atoms with Gasteiger partial charge in [0.15, 0.2) is 0 Å². The van der Waals surface area contributed by atoms with E-state index in [-0.39, 0.29) is 12.4 Å². The Bertz CT molecular complexity index is 273. The van der Waals surface area contributed by atoms with Crippen LogP contribution in [0.4, 0.5) is 0 Å². The molecular formula is C7H6I2O2. The molecule has 0 amide bonds. The summed E-state index contributed by atoms with van der Waals surface area (Å²) in [6, 6.07) is 3.62. The highest BCUT2D eigenvalue weighted by atomic mass is 127. The van der Waals surface area contributed by atoms with Crippen LogP contribution in [-0.4, -0.2) is 10.2 Å². The minimum absolute atomic E-state index is 0.112. The molecule has 0 atom stereocenters. The van der Waals surface area contributed by atoms with Gasteiger partial charge in [-0.1, -0.05) is 0 Å². The van der Waals surface area contributed by atoms with E-state index in [1.807, 2.05) is 28.7 Å². The molecule has 0 radical (unpaired) electrons. The number of rotatable bonds is 1. The van der Waals surface area contributed by atoms with Crippen LogP contribution < -0.4 is 0 Å². The highest BCUT2D eigenvalue weighted by Gasteiger charge is 2.04. The fourth-order valence-corrected chi connectivity index (χ4v) is 2.70. The Hall–Kier alpha value is 0.440. The zero-order valence-electron chi connectivity index (χ0n) is 5.51. The largest absolute Gasteiger partial charge is 0.506 e. The van der Waals surface area contributed by atoms with Gasteiger partial charge < -0.3 is 10.2 Å². The monoisotopic (exact) mass is 376 g/mol. The lowest BCUT2D eigenvalue weighted by molar-refractivity contribution is 0.275. The Morgan fingerprint density at radius 3 is 2.45 bits per heavy atom. The van der Waals surface area contributed by atoms with Crippen LogP contribution in [0, 0.1) is 7.14 Å². The summed E-state index contributed by atoms with van der Waals surface area (Å²) in [4.78, 5) is 0. The predicted octanol–water partition coefficient (Wildman–Crippen LogP) is 2.09. The lowest BCUT2D eigenvalue weighted by atomic mass is 10.2. The van der Waals surface area contributed by atoms with Gasteiger partial charge in [-0.3, -0.25) is 0 Å². The molecule has 0 saturated heterocycles. The maximum absolute atomic E-state index is 9.35. The standard InChI is InChI=1S/C7H6I2O2/c8-5-1-4(3-10)7(11)6(9)2-5/h1-2,10-11H,3H2. The number of aliphatic hydroxyl groups excluding tert-OH is 1. The smallest absolute Gasteiger partial charge is 0.134 e. The van der Waals surface area contributed by atoms with Gasteiger partial charge in [0.25, 0.3) is 0 Å². The van der Waals surface area contributed by atoms with E-state index in [1.165, 1.54) is 0 Å². The van der Waals surface area contributed by atoms with Gasteiger partial charge in [0.2, 0.25) is 0 Å². The topological polar surface area (TPSA) is 40.5 Å². The Morgan fingerprint density at radius 1 is 1.27 bits per heavy atom. The first-order valence-corrected chi connectivity index (χ1v) is 5.08. The van der Waals surface area contributed by atoms with Crippen molar-refractivity contribution in [3.05, 3.63) is 24.8 Å². The molecule has 0 heterocycles. The molecule has 0 fully saturated rings. The number of benzene rings is 1.